The Hall–Kier alpha value is -4.96. The van der Waals surface area contributed by atoms with Crippen LogP contribution >= 0.6 is 0 Å². The van der Waals surface area contributed by atoms with Crippen LogP contribution in [0.25, 0.3) is 17.3 Å². The molecule has 3 heterocycles. The minimum atomic E-state index is -0.838. The number of nitrogens with one attached hydrogen (secondary N) is 2. The number of nitrogens with zero attached hydrogens (tertiary/aromatic N) is 2. The van der Waals surface area contributed by atoms with Gasteiger partial charge in [0, 0.05) is 30.8 Å². The van der Waals surface area contributed by atoms with Gasteiger partial charge in [-0.3, -0.25) is 9.59 Å². The second-order valence-corrected chi connectivity index (χ2v) is 10.7. The number of carbonyl (C=O) groups is 2. The van der Waals surface area contributed by atoms with Gasteiger partial charge in [0.25, 0.3) is 0 Å². The van der Waals surface area contributed by atoms with Crippen molar-refractivity contribution in [1.29, 1.82) is 0 Å². The van der Waals surface area contributed by atoms with Gasteiger partial charge in [0.1, 0.15) is 36.5 Å². The first-order valence-corrected chi connectivity index (χ1v) is 15.1. The van der Waals surface area contributed by atoms with E-state index in [4.69, 9.17) is 14.6 Å². The number of fused-ring (bicyclic) bond motifs is 11. The molecule has 6 rings (SSSR count). The molecule has 0 radical (unpaired) electrons. The van der Waals surface area contributed by atoms with Crippen molar-refractivity contribution in [3.63, 3.8) is 0 Å². The zero-order chi connectivity index (χ0) is 31.4. The van der Waals surface area contributed by atoms with Crippen LogP contribution in [-0.2, 0) is 29.0 Å². The third-order valence-corrected chi connectivity index (χ3v) is 7.37. The second-order valence-electron chi connectivity index (χ2n) is 10.7. The highest BCUT2D eigenvalue weighted by Crippen LogP contribution is 2.24. The zero-order valence-corrected chi connectivity index (χ0v) is 25.0. The Morgan fingerprint density at radius 3 is 2.69 bits per heavy atom. The number of rotatable bonds is 5. The molecule has 0 fully saturated rings. The molecule has 0 saturated heterocycles. The maximum absolute atomic E-state index is 13.7. The molecule has 0 saturated carbocycles. The van der Waals surface area contributed by atoms with E-state index in [9.17, 15) is 14.0 Å². The number of halogens is 1. The summed E-state index contributed by atoms with van der Waals surface area (Å²) in [4.78, 5) is 31.1. The minimum Gasteiger partial charge on any atom is -0.494 e. The number of aliphatic hydroxyl groups is 1. The largest absolute Gasteiger partial charge is 0.494 e. The Bertz CT molecular complexity index is 1600. The number of amides is 2. The fourth-order valence-corrected chi connectivity index (χ4v) is 5.10. The maximum atomic E-state index is 13.7. The molecule has 0 aliphatic carbocycles. The normalized spacial score (nSPS) is 16.6. The average molecular weight is 613 g/mol. The summed E-state index contributed by atoms with van der Waals surface area (Å²) in [6.45, 7) is 0.986. The van der Waals surface area contributed by atoms with Crippen LogP contribution in [0.1, 0.15) is 29.7 Å². The third-order valence-electron chi connectivity index (χ3n) is 7.37. The molecule has 4 aromatic rings. The average Bonchev–Trinajstić information content (AvgIpc) is 3.43. The van der Waals surface area contributed by atoms with Crippen molar-refractivity contribution in [3.8, 4) is 22.8 Å². The van der Waals surface area contributed by atoms with E-state index in [1.807, 2.05) is 60.7 Å². The molecule has 45 heavy (non-hydrogen) atoms. The lowest BCUT2D eigenvalue weighted by molar-refractivity contribution is -0.129. The topological polar surface area (TPSA) is 115 Å². The lowest BCUT2D eigenvalue weighted by Gasteiger charge is -2.20. The SMILES string of the molecule is O=C1Cn2cnc(-c3ccc(F)cc3)c2CCCOc2cccc(c2)/C=C\COc2ccc(cc2)C[C@@H](C(=O)NCCCO)N1. The summed E-state index contributed by atoms with van der Waals surface area (Å²) < 4.78 is 27.3. The smallest absolute Gasteiger partial charge is 0.242 e. The van der Waals surface area contributed by atoms with E-state index in [-0.39, 0.29) is 37.2 Å². The summed E-state index contributed by atoms with van der Waals surface area (Å²) in [7, 11) is 0. The summed E-state index contributed by atoms with van der Waals surface area (Å²) >= 11 is 0. The van der Waals surface area contributed by atoms with Crippen LogP contribution in [0.5, 0.6) is 11.5 Å². The second kappa shape index (κ2) is 15.7. The van der Waals surface area contributed by atoms with Crippen LogP contribution in [0, 0.1) is 5.82 Å². The fourth-order valence-electron chi connectivity index (χ4n) is 5.10. The van der Waals surface area contributed by atoms with Crippen LogP contribution in [0.3, 0.4) is 0 Å². The van der Waals surface area contributed by atoms with Gasteiger partial charge in [0.05, 0.1) is 18.6 Å². The molecule has 2 aliphatic rings. The van der Waals surface area contributed by atoms with E-state index in [1.54, 1.807) is 23.0 Å². The first kappa shape index (κ1) is 31.5. The van der Waals surface area contributed by atoms with Crippen LogP contribution in [0.4, 0.5) is 4.39 Å². The van der Waals surface area contributed by atoms with Crippen LogP contribution in [0.2, 0.25) is 0 Å². The highest BCUT2D eigenvalue weighted by molar-refractivity contribution is 5.88. The van der Waals surface area contributed by atoms with Gasteiger partial charge in [-0.15, -0.1) is 0 Å². The lowest BCUT2D eigenvalue weighted by atomic mass is 10.0. The summed E-state index contributed by atoms with van der Waals surface area (Å²) in [6, 6.07) is 20.5. The van der Waals surface area contributed by atoms with E-state index in [1.165, 1.54) is 12.1 Å². The monoisotopic (exact) mass is 612 g/mol. The Labute approximate surface area is 261 Å². The van der Waals surface area contributed by atoms with E-state index in [2.05, 4.69) is 15.6 Å². The Balaban J connectivity index is 1.42. The van der Waals surface area contributed by atoms with Crippen LogP contribution in [-0.4, -0.2) is 58.9 Å². The number of ether oxygens (including phenoxy) is 2. The molecule has 234 valence electrons. The number of aromatic nitrogens is 2. The van der Waals surface area contributed by atoms with E-state index in [0.717, 1.165) is 28.1 Å². The van der Waals surface area contributed by atoms with Gasteiger partial charge >= 0.3 is 0 Å². The molecule has 10 heteroatoms. The maximum Gasteiger partial charge on any atom is 0.242 e. The number of carbonyl (C=O) groups excluding carboxylic acids is 2. The number of hydrogen-bond acceptors (Lipinski definition) is 6. The quantitative estimate of drug-likeness (QED) is 0.289. The molecule has 2 amide bonds. The highest BCUT2D eigenvalue weighted by atomic mass is 19.1. The molecule has 1 aromatic heterocycles. The van der Waals surface area contributed by atoms with Gasteiger partial charge in [0.15, 0.2) is 0 Å². The van der Waals surface area contributed by atoms with Gasteiger partial charge in [0.2, 0.25) is 11.8 Å². The van der Waals surface area contributed by atoms with Crippen molar-refractivity contribution in [1.82, 2.24) is 20.2 Å². The Morgan fingerprint density at radius 2 is 1.89 bits per heavy atom. The molecule has 1 atom stereocenters. The minimum absolute atomic E-state index is 0.0509. The molecule has 0 spiro atoms. The highest BCUT2D eigenvalue weighted by Gasteiger charge is 2.23. The molecule has 0 unspecified atom stereocenters. The van der Waals surface area contributed by atoms with E-state index >= 15 is 0 Å². The van der Waals surface area contributed by atoms with Crippen LogP contribution < -0.4 is 20.1 Å². The molecular weight excluding hydrogens is 575 g/mol. The first-order valence-electron chi connectivity index (χ1n) is 15.1. The van der Waals surface area contributed by atoms with Gasteiger partial charge in [-0.1, -0.05) is 30.3 Å². The zero-order valence-electron chi connectivity index (χ0n) is 25.0. The molecular formula is C35H37FN4O5. The lowest BCUT2D eigenvalue weighted by Crippen LogP contribution is -2.49. The fraction of sp³-hybridized carbons (Fsp3) is 0.286. The summed E-state index contributed by atoms with van der Waals surface area (Å²) in [5, 5.41) is 14.8. The van der Waals surface area contributed by atoms with Crippen molar-refractivity contribution in [2.45, 2.75) is 38.3 Å². The number of aliphatic hydroxyl groups excluding tert-OH is 1. The number of imidazole rings is 1. The van der Waals surface area contributed by atoms with Gasteiger partial charge in [-0.25, -0.2) is 9.37 Å². The van der Waals surface area contributed by atoms with Crippen molar-refractivity contribution >= 4 is 17.9 Å². The molecule has 3 aromatic carbocycles. The van der Waals surface area contributed by atoms with Crippen molar-refractivity contribution in [3.05, 3.63) is 108 Å². The Morgan fingerprint density at radius 1 is 1.07 bits per heavy atom. The third kappa shape index (κ3) is 9.02. The molecule has 3 N–H and O–H groups in total. The Kier molecular flexibility index (Phi) is 11.0. The summed E-state index contributed by atoms with van der Waals surface area (Å²) in [6.07, 6.45) is 7.37. The standard InChI is InChI=1S/C35H37FN4O5/c36-28-13-11-27(12-14-28)34-32-8-3-20-45-30-7-1-5-25(21-30)6-2-19-44-29-15-9-26(10-16-29)22-31(35(43)37-17-4-18-41)39-33(42)23-40(32)24-38-34/h1-2,5-7,9-16,21,24,31,41H,3-4,8,17-20,22-23H2,(H,37,43)(H,39,42)/b6-2-/t31-/m0/s1. The van der Waals surface area contributed by atoms with Gasteiger partial charge in [-0.2, -0.15) is 0 Å². The van der Waals surface area contributed by atoms with Crippen LogP contribution in [0.15, 0.2) is 85.2 Å². The predicted molar refractivity (Wildman–Crippen MR) is 169 cm³/mol. The van der Waals surface area contributed by atoms with Gasteiger partial charge < -0.3 is 29.8 Å². The van der Waals surface area contributed by atoms with E-state index in [0.29, 0.717) is 50.5 Å². The van der Waals surface area contributed by atoms with E-state index < -0.39 is 6.04 Å². The first-order chi connectivity index (χ1) is 22.0. The molecule has 9 nitrogen and oxygen atoms in total. The van der Waals surface area contributed by atoms with Gasteiger partial charge in [-0.05, 0) is 85.0 Å². The molecule has 2 aliphatic heterocycles. The summed E-state index contributed by atoms with van der Waals surface area (Å²) in [5.41, 5.74) is 4.03. The number of hydrogen-bond donors (Lipinski definition) is 3. The predicted octanol–water partition coefficient (Wildman–Crippen LogP) is 4.33. The molecule has 4 bridgehead atoms. The van der Waals surface area contributed by atoms with Crippen molar-refractivity contribution in [2.24, 2.45) is 0 Å². The van der Waals surface area contributed by atoms with Crippen molar-refractivity contribution < 1.29 is 28.6 Å². The summed E-state index contributed by atoms with van der Waals surface area (Å²) in [5.74, 6) is 0.380. The number of benzene rings is 3. The van der Waals surface area contributed by atoms with Crippen molar-refractivity contribution in [2.75, 3.05) is 26.4 Å².